The van der Waals surface area contributed by atoms with Crippen LogP contribution in [-0.2, 0) is 17.4 Å². The fourth-order valence-corrected chi connectivity index (χ4v) is 3.49. The minimum Gasteiger partial charge on any atom is -0.479 e. The molecule has 0 N–H and O–H groups in total. The number of likely N-dealkylation sites (tertiary alicyclic amines) is 1. The van der Waals surface area contributed by atoms with Crippen LogP contribution in [0.3, 0.4) is 0 Å². The average molecular weight is 360 g/mol. The second-order valence-electron chi connectivity index (χ2n) is 6.70. The van der Waals surface area contributed by atoms with Crippen molar-refractivity contribution in [1.29, 1.82) is 0 Å². The lowest BCUT2D eigenvalue weighted by atomic mass is 9.86. The zero-order valence-electron chi connectivity index (χ0n) is 15.5. The van der Waals surface area contributed by atoms with Gasteiger partial charge in [-0.25, -0.2) is 0 Å². The zero-order chi connectivity index (χ0) is 18.9. The molecule has 9 heteroatoms. The third kappa shape index (κ3) is 2.93. The molecule has 0 saturated carbocycles. The van der Waals surface area contributed by atoms with Gasteiger partial charge in [-0.3, -0.25) is 19.0 Å². The number of rotatable bonds is 4. The molecule has 1 aliphatic heterocycles. The second-order valence-corrected chi connectivity index (χ2v) is 6.70. The largest absolute Gasteiger partial charge is 0.479 e. The first-order chi connectivity index (χ1) is 12.4. The summed E-state index contributed by atoms with van der Waals surface area (Å²) in [5, 5.41) is 8.44. The molecule has 2 aromatic rings. The Kier molecular flexibility index (Phi) is 4.71. The summed E-state index contributed by atoms with van der Waals surface area (Å²) in [5.74, 6) is 0.166. The van der Waals surface area contributed by atoms with Gasteiger partial charge in [0.25, 0.3) is 5.91 Å². The number of ether oxygens (including phenoxy) is 1. The van der Waals surface area contributed by atoms with Crippen LogP contribution in [0.15, 0.2) is 24.7 Å². The standard InChI is InChI=1S/C17H24N6O3/c1-20(2)16(25)17(23-9-5-8-18-23)6-10-22(11-7-17)15(24)13-12-21(3)19-14(13)26-4/h5,8-9,12H,6-7,10-11H2,1-4H3. The van der Waals surface area contributed by atoms with Crippen LogP contribution in [0, 0.1) is 0 Å². The highest BCUT2D eigenvalue weighted by atomic mass is 16.5. The van der Waals surface area contributed by atoms with E-state index < -0.39 is 5.54 Å². The van der Waals surface area contributed by atoms with Crippen LogP contribution in [0.25, 0.3) is 0 Å². The Bertz CT molecular complexity index is 788. The maximum atomic E-state index is 12.9. The molecular weight excluding hydrogens is 336 g/mol. The number of hydrogen-bond acceptors (Lipinski definition) is 5. The van der Waals surface area contributed by atoms with E-state index in [1.54, 1.807) is 52.7 Å². The molecule has 3 heterocycles. The number of aromatic nitrogens is 4. The van der Waals surface area contributed by atoms with Gasteiger partial charge in [-0.1, -0.05) is 0 Å². The fraction of sp³-hybridized carbons (Fsp3) is 0.529. The van der Waals surface area contributed by atoms with Gasteiger partial charge in [0, 0.05) is 52.8 Å². The van der Waals surface area contributed by atoms with Gasteiger partial charge in [0.2, 0.25) is 11.8 Å². The van der Waals surface area contributed by atoms with Crippen LogP contribution in [0.1, 0.15) is 23.2 Å². The predicted molar refractivity (Wildman–Crippen MR) is 93.8 cm³/mol. The highest BCUT2D eigenvalue weighted by Crippen LogP contribution is 2.32. The molecule has 1 aliphatic rings. The quantitative estimate of drug-likeness (QED) is 0.785. The van der Waals surface area contributed by atoms with E-state index in [1.165, 1.54) is 7.11 Å². The maximum Gasteiger partial charge on any atom is 0.260 e. The van der Waals surface area contributed by atoms with Crippen molar-refractivity contribution in [3.05, 3.63) is 30.2 Å². The van der Waals surface area contributed by atoms with Crippen molar-refractivity contribution in [2.45, 2.75) is 18.4 Å². The van der Waals surface area contributed by atoms with Crippen LogP contribution >= 0.6 is 0 Å². The van der Waals surface area contributed by atoms with Gasteiger partial charge in [-0.15, -0.1) is 5.10 Å². The first-order valence-corrected chi connectivity index (χ1v) is 8.48. The Balaban J connectivity index is 1.82. The number of methoxy groups -OCH3 is 1. The normalized spacial score (nSPS) is 16.4. The number of hydrogen-bond donors (Lipinski definition) is 0. The van der Waals surface area contributed by atoms with Gasteiger partial charge in [-0.2, -0.15) is 5.10 Å². The minimum atomic E-state index is -0.761. The van der Waals surface area contributed by atoms with Gasteiger partial charge in [-0.05, 0) is 18.9 Å². The lowest BCUT2D eigenvalue weighted by Gasteiger charge is -2.41. The molecule has 1 fully saturated rings. The lowest BCUT2D eigenvalue weighted by Crippen LogP contribution is -2.55. The van der Waals surface area contributed by atoms with Crippen molar-refractivity contribution in [3.63, 3.8) is 0 Å². The number of aryl methyl sites for hydroxylation is 1. The van der Waals surface area contributed by atoms with Gasteiger partial charge in [0.05, 0.1) is 7.11 Å². The molecule has 0 radical (unpaired) electrons. The van der Waals surface area contributed by atoms with E-state index in [9.17, 15) is 9.59 Å². The zero-order valence-corrected chi connectivity index (χ0v) is 15.5. The summed E-state index contributed by atoms with van der Waals surface area (Å²) in [4.78, 5) is 29.1. The molecule has 0 bridgehead atoms. The summed E-state index contributed by atoms with van der Waals surface area (Å²) in [6.07, 6.45) is 6.13. The minimum absolute atomic E-state index is 0.00717. The highest BCUT2D eigenvalue weighted by molar-refractivity contribution is 5.96. The number of likely N-dealkylation sites (N-methyl/N-ethyl adjacent to an activating group) is 1. The van der Waals surface area contributed by atoms with Crippen LogP contribution in [0.2, 0.25) is 0 Å². The van der Waals surface area contributed by atoms with Crippen LogP contribution in [0.5, 0.6) is 5.88 Å². The first-order valence-electron chi connectivity index (χ1n) is 8.48. The third-order valence-corrected chi connectivity index (χ3v) is 4.84. The molecule has 0 aliphatic carbocycles. The van der Waals surface area contributed by atoms with E-state index in [2.05, 4.69) is 10.2 Å². The number of nitrogens with zero attached hydrogens (tertiary/aromatic N) is 6. The third-order valence-electron chi connectivity index (χ3n) is 4.84. The summed E-state index contributed by atoms with van der Waals surface area (Å²) in [6.45, 7) is 0.909. The number of piperidine rings is 1. The maximum absolute atomic E-state index is 12.9. The molecular formula is C17H24N6O3. The molecule has 0 spiro atoms. The van der Waals surface area contributed by atoms with Crippen molar-refractivity contribution in [2.24, 2.45) is 7.05 Å². The molecule has 0 unspecified atom stereocenters. The van der Waals surface area contributed by atoms with E-state index >= 15 is 0 Å². The Labute approximate surface area is 152 Å². The van der Waals surface area contributed by atoms with E-state index in [4.69, 9.17) is 4.74 Å². The Hall–Kier alpha value is -2.84. The van der Waals surface area contributed by atoms with Gasteiger partial charge < -0.3 is 14.5 Å². The van der Waals surface area contributed by atoms with Crippen molar-refractivity contribution >= 4 is 11.8 Å². The first kappa shape index (κ1) is 18.0. The molecule has 9 nitrogen and oxygen atoms in total. The van der Waals surface area contributed by atoms with E-state index in [0.29, 0.717) is 37.4 Å². The molecule has 26 heavy (non-hydrogen) atoms. The summed E-state index contributed by atoms with van der Waals surface area (Å²) >= 11 is 0. The molecule has 3 rings (SSSR count). The predicted octanol–water partition coefficient (Wildman–Crippen LogP) is 0.345. The summed E-state index contributed by atoms with van der Waals surface area (Å²) in [6, 6.07) is 1.81. The summed E-state index contributed by atoms with van der Waals surface area (Å²) in [5.41, 5.74) is -0.330. The van der Waals surface area contributed by atoms with Crippen LogP contribution in [0.4, 0.5) is 0 Å². The molecule has 0 aromatic carbocycles. The van der Waals surface area contributed by atoms with Gasteiger partial charge in [0.1, 0.15) is 11.1 Å². The van der Waals surface area contributed by atoms with E-state index in [-0.39, 0.29) is 11.8 Å². The van der Waals surface area contributed by atoms with E-state index in [0.717, 1.165) is 0 Å². The summed E-state index contributed by atoms with van der Waals surface area (Å²) in [7, 11) is 6.72. The van der Waals surface area contributed by atoms with Crippen molar-refractivity contribution in [3.8, 4) is 5.88 Å². The van der Waals surface area contributed by atoms with Crippen LogP contribution in [-0.4, -0.2) is 75.5 Å². The molecule has 0 atom stereocenters. The topological polar surface area (TPSA) is 85.5 Å². The molecule has 140 valence electrons. The monoisotopic (exact) mass is 360 g/mol. The van der Waals surface area contributed by atoms with Crippen molar-refractivity contribution < 1.29 is 14.3 Å². The van der Waals surface area contributed by atoms with E-state index in [1.807, 2.05) is 12.3 Å². The number of amides is 2. The molecule has 2 aromatic heterocycles. The van der Waals surface area contributed by atoms with Gasteiger partial charge in [0.15, 0.2) is 0 Å². The van der Waals surface area contributed by atoms with Gasteiger partial charge >= 0.3 is 0 Å². The Morgan fingerprint density at radius 3 is 2.50 bits per heavy atom. The fourth-order valence-electron chi connectivity index (χ4n) is 3.49. The smallest absolute Gasteiger partial charge is 0.260 e. The van der Waals surface area contributed by atoms with Crippen molar-refractivity contribution in [2.75, 3.05) is 34.3 Å². The molecule has 1 saturated heterocycles. The highest BCUT2D eigenvalue weighted by Gasteiger charge is 2.45. The molecule has 2 amide bonds. The average Bonchev–Trinajstić information content (AvgIpc) is 3.30. The number of carbonyl (C=O) groups excluding carboxylic acids is 2. The van der Waals surface area contributed by atoms with Crippen molar-refractivity contribution in [1.82, 2.24) is 29.4 Å². The van der Waals surface area contributed by atoms with Crippen LogP contribution < -0.4 is 4.74 Å². The second kappa shape index (κ2) is 6.81. The lowest BCUT2D eigenvalue weighted by molar-refractivity contribution is -0.141. The Morgan fingerprint density at radius 1 is 1.27 bits per heavy atom. The summed E-state index contributed by atoms with van der Waals surface area (Å²) < 4.78 is 8.47. The SMILES string of the molecule is COc1nn(C)cc1C(=O)N1CCC(C(=O)N(C)C)(n2cccn2)CC1. The number of carbonyl (C=O) groups is 2. The Morgan fingerprint density at radius 2 is 1.96 bits per heavy atom.